The second-order valence-electron chi connectivity index (χ2n) is 5.55. The highest BCUT2D eigenvalue weighted by Crippen LogP contribution is 2.17. The third kappa shape index (κ3) is 4.02. The number of halogens is 1. The van der Waals surface area contributed by atoms with E-state index >= 15 is 0 Å². The number of aromatic nitrogens is 4. The zero-order valence-corrected chi connectivity index (χ0v) is 15.8. The molecule has 2 amide bonds. The van der Waals surface area contributed by atoms with Crippen molar-refractivity contribution in [2.24, 2.45) is 0 Å². The van der Waals surface area contributed by atoms with Gasteiger partial charge in [-0.1, -0.05) is 0 Å². The standard InChI is InChI=1S/C15H21BrN6O2/c1-5-22-14(15(24)20(3)4)12(8-17-22)18-13(23)6-7-21-9-11(16)10(2)19-21/h8-9H,5-7H2,1-4H3,(H,18,23). The molecule has 24 heavy (non-hydrogen) atoms. The largest absolute Gasteiger partial charge is 0.343 e. The fourth-order valence-corrected chi connectivity index (χ4v) is 2.51. The second kappa shape index (κ2) is 7.61. The molecule has 2 heterocycles. The Bertz CT molecular complexity index is 730. The van der Waals surface area contributed by atoms with Crippen molar-refractivity contribution in [2.75, 3.05) is 19.4 Å². The Hall–Kier alpha value is -2.16. The minimum Gasteiger partial charge on any atom is -0.343 e. The van der Waals surface area contributed by atoms with Crippen LogP contribution in [0.25, 0.3) is 0 Å². The molecular formula is C15H21BrN6O2. The topological polar surface area (TPSA) is 85.0 Å². The van der Waals surface area contributed by atoms with Crippen LogP contribution in [-0.4, -0.2) is 50.4 Å². The van der Waals surface area contributed by atoms with Crippen molar-refractivity contribution in [2.45, 2.75) is 33.4 Å². The van der Waals surface area contributed by atoms with Gasteiger partial charge < -0.3 is 10.2 Å². The molecule has 0 atom stereocenters. The fourth-order valence-electron chi connectivity index (χ4n) is 2.19. The Morgan fingerprint density at radius 3 is 2.62 bits per heavy atom. The average molecular weight is 397 g/mol. The number of hydrogen-bond acceptors (Lipinski definition) is 4. The lowest BCUT2D eigenvalue weighted by Gasteiger charge is -2.13. The zero-order valence-electron chi connectivity index (χ0n) is 14.2. The molecule has 0 aliphatic heterocycles. The summed E-state index contributed by atoms with van der Waals surface area (Å²) in [6.07, 6.45) is 3.59. The Morgan fingerprint density at radius 1 is 1.38 bits per heavy atom. The van der Waals surface area contributed by atoms with Gasteiger partial charge in [0.1, 0.15) is 5.69 Å². The predicted molar refractivity (Wildman–Crippen MR) is 93.8 cm³/mol. The molecule has 0 aromatic carbocycles. The van der Waals surface area contributed by atoms with E-state index in [1.54, 1.807) is 23.5 Å². The summed E-state index contributed by atoms with van der Waals surface area (Å²) in [5, 5.41) is 11.2. The summed E-state index contributed by atoms with van der Waals surface area (Å²) >= 11 is 3.39. The minimum absolute atomic E-state index is 0.192. The summed E-state index contributed by atoms with van der Waals surface area (Å²) < 4.78 is 4.19. The van der Waals surface area contributed by atoms with Crippen LogP contribution in [0, 0.1) is 6.92 Å². The Morgan fingerprint density at radius 2 is 2.08 bits per heavy atom. The Balaban J connectivity index is 2.06. The summed E-state index contributed by atoms with van der Waals surface area (Å²) in [6.45, 7) is 4.78. The average Bonchev–Trinajstić information content (AvgIpc) is 3.07. The zero-order chi connectivity index (χ0) is 17.9. The van der Waals surface area contributed by atoms with Gasteiger partial charge in [0.25, 0.3) is 5.91 Å². The molecule has 2 rings (SSSR count). The number of carbonyl (C=O) groups is 2. The van der Waals surface area contributed by atoms with E-state index in [9.17, 15) is 9.59 Å². The number of carbonyl (C=O) groups excluding carboxylic acids is 2. The molecule has 0 aliphatic rings. The quantitative estimate of drug-likeness (QED) is 0.807. The predicted octanol–water partition coefficient (Wildman–Crippen LogP) is 1.90. The Kier molecular flexibility index (Phi) is 5.76. The molecule has 0 saturated carbocycles. The first-order valence-corrected chi connectivity index (χ1v) is 8.39. The highest BCUT2D eigenvalue weighted by atomic mass is 79.9. The number of hydrogen-bond donors (Lipinski definition) is 1. The van der Waals surface area contributed by atoms with Gasteiger partial charge in [-0.2, -0.15) is 10.2 Å². The number of anilines is 1. The molecule has 0 spiro atoms. The minimum atomic E-state index is -0.198. The molecule has 0 saturated heterocycles. The van der Waals surface area contributed by atoms with Crippen LogP contribution in [0.3, 0.4) is 0 Å². The van der Waals surface area contributed by atoms with Crippen molar-refractivity contribution >= 4 is 33.4 Å². The SMILES string of the molecule is CCn1ncc(NC(=O)CCn2cc(Br)c(C)n2)c1C(=O)N(C)C. The monoisotopic (exact) mass is 396 g/mol. The second-order valence-corrected chi connectivity index (χ2v) is 6.40. The molecule has 0 aliphatic carbocycles. The number of nitrogens with zero attached hydrogens (tertiary/aromatic N) is 5. The van der Waals surface area contributed by atoms with Crippen molar-refractivity contribution in [3.8, 4) is 0 Å². The van der Waals surface area contributed by atoms with Crippen LogP contribution in [0.4, 0.5) is 5.69 Å². The van der Waals surface area contributed by atoms with Gasteiger partial charge in [-0.25, -0.2) is 0 Å². The van der Waals surface area contributed by atoms with Gasteiger partial charge in [0.2, 0.25) is 5.91 Å². The van der Waals surface area contributed by atoms with Crippen LogP contribution in [0.1, 0.15) is 29.5 Å². The van der Waals surface area contributed by atoms with Gasteiger partial charge in [0, 0.05) is 39.8 Å². The molecule has 0 fully saturated rings. The third-order valence-corrected chi connectivity index (χ3v) is 4.25. The van der Waals surface area contributed by atoms with Gasteiger partial charge in [0.15, 0.2) is 0 Å². The lowest BCUT2D eigenvalue weighted by atomic mass is 10.3. The van der Waals surface area contributed by atoms with Crippen LogP contribution in [0.2, 0.25) is 0 Å². The van der Waals surface area contributed by atoms with Gasteiger partial charge in [-0.05, 0) is 29.8 Å². The molecule has 8 nitrogen and oxygen atoms in total. The summed E-state index contributed by atoms with van der Waals surface area (Å²) in [4.78, 5) is 26.0. The molecule has 0 bridgehead atoms. The number of aryl methyl sites for hydroxylation is 3. The van der Waals surface area contributed by atoms with E-state index in [1.807, 2.05) is 20.0 Å². The molecule has 1 N–H and O–H groups in total. The fraction of sp³-hybridized carbons (Fsp3) is 0.467. The lowest BCUT2D eigenvalue weighted by molar-refractivity contribution is -0.116. The first-order valence-electron chi connectivity index (χ1n) is 7.60. The summed E-state index contributed by atoms with van der Waals surface area (Å²) in [7, 11) is 3.33. The van der Waals surface area contributed by atoms with Crippen molar-refractivity contribution < 1.29 is 9.59 Å². The van der Waals surface area contributed by atoms with Crippen molar-refractivity contribution in [3.63, 3.8) is 0 Å². The van der Waals surface area contributed by atoms with E-state index in [1.165, 1.54) is 11.1 Å². The van der Waals surface area contributed by atoms with Crippen LogP contribution in [-0.2, 0) is 17.9 Å². The summed E-state index contributed by atoms with van der Waals surface area (Å²) in [5.74, 6) is -0.390. The smallest absolute Gasteiger partial charge is 0.273 e. The van der Waals surface area contributed by atoms with E-state index in [0.717, 1.165) is 10.2 Å². The van der Waals surface area contributed by atoms with E-state index in [2.05, 4.69) is 31.4 Å². The maximum Gasteiger partial charge on any atom is 0.273 e. The third-order valence-electron chi connectivity index (χ3n) is 3.48. The van der Waals surface area contributed by atoms with Crippen LogP contribution >= 0.6 is 15.9 Å². The van der Waals surface area contributed by atoms with Crippen LogP contribution < -0.4 is 5.32 Å². The van der Waals surface area contributed by atoms with Gasteiger partial charge in [0.05, 0.1) is 22.1 Å². The first-order chi connectivity index (χ1) is 11.3. The van der Waals surface area contributed by atoms with E-state index < -0.39 is 0 Å². The number of rotatable bonds is 6. The van der Waals surface area contributed by atoms with Gasteiger partial charge in [-0.15, -0.1) is 0 Å². The number of nitrogens with one attached hydrogen (secondary N) is 1. The molecule has 2 aromatic rings. The van der Waals surface area contributed by atoms with Crippen LogP contribution in [0.5, 0.6) is 0 Å². The van der Waals surface area contributed by atoms with E-state index in [4.69, 9.17) is 0 Å². The highest BCUT2D eigenvalue weighted by Gasteiger charge is 2.21. The molecule has 2 aromatic heterocycles. The van der Waals surface area contributed by atoms with Gasteiger partial charge in [-0.3, -0.25) is 19.0 Å². The van der Waals surface area contributed by atoms with Crippen LogP contribution in [0.15, 0.2) is 16.9 Å². The van der Waals surface area contributed by atoms with Crippen molar-refractivity contribution in [1.82, 2.24) is 24.5 Å². The normalized spacial score (nSPS) is 10.7. The maximum absolute atomic E-state index is 12.3. The van der Waals surface area contributed by atoms with E-state index in [-0.39, 0.29) is 18.2 Å². The van der Waals surface area contributed by atoms with Crippen molar-refractivity contribution in [1.29, 1.82) is 0 Å². The first kappa shape index (κ1) is 18.2. The van der Waals surface area contributed by atoms with Gasteiger partial charge >= 0.3 is 0 Å². The molecule has 0 unspecified atom stereocenters. The summed E-state index contributed by atoms with van der Waals surface area (Å²) in [5.41, 5.74) is 1.69. The van der Waals surface area contributed by atoms with Crippen molar-refractivity contribution in [3.05, 3.63) is 28.3 Å². The highest BCUT2D eigenvalue weighted by molar-refractivity contribution is 9.10. The molecule has 130 valence electrons. The van der Waals surface area contributed by atoms with E-state index in [0.29, 0.717) is 24.5 Å². The maximum atomic E-state index is 12.3. The molecular weight excluding hydrogens is 376 g/mol. The lowest BCUT2D eigenvalue weighted by Crippen LogP contribution is -2.26. The molecule has 0 radical (unpaired) electrons. The summed E-state index contributed by atoms with van der Waals surface area (Å²) in [6, 6.07) is 0. The molecule has 9 heteroatoms. The number of amides is 2. The Labute approximate surface area is 148 Å².